The fourth-order valence-electron chi connectivity index (χ4n) is 2.11. The van der Waals surface area contributed by atoms with Crippen molar-refractivity contribution in [1.82, 2.24) is 9.97 Å². The van der Waals surface area contributed by atoms with Crippen LogP contribution in [0.25, 0.3) is 11.0 Å². The average Bonchev–Trinajstić information content (AvgIpc) is 2.40. The Morgan fingerprint density at radius 3 is 2.38 bits per heavy atom. The van der Waals surface area contributed by atoms with Crippen LogP contribution in [0.2, 0.25) is 0 Å². The van der Waals surface area contributed by atoms with Crippen molar-refractivity contribution in [3.8, 4) is 0 Å². The van der Waals surface area contributed by atoms with Crippen LogP contribution in [-0.2, 0) is 4.79 Å². The molecule has 2 rings (SSSR count). The second-order valence-electron chi connectivity index (χ2n) is 5.24. The van der Waals surface area contributed by atoms with Crippen LogP contribution in [0.15, 0.2) is 27.8 Å². The SMILES string of the molecule is CC(C)C(CN)C(=O)Nc1ccc2[nH]c(=O)c(=O)[nH]c2c1. The maximum atomic E-state index is 12.1. The summed E-state index contributed by atoms with van der Waals surface area (Å²) in [6.45, 7) is 4.13. The summed E-state index contributed by atoms with van der Waals surface area (Å²) >= 11 is 0. The van der Waals surface area contributed by atoms with Gasteiger partial charge in [0.25, 0.3) is 0 Å². The molecule has 0 spiro atoms. The van der Waals surface area contributed by atoms with E-state index in [9.17, 15) is 14.4 Å². The summed E-state index contributed by atoms with van der Waals surface area (Å²) < 4.78 is 0. The molecule has 1 atom stereocenters. The van der Waals surface area contributed by atoms with Crippen LogP contribution in [0.1, 0.15) is 13.8 Å². The van der Waals surface area contributed by atoms with Gasteiger partial charge in [-0.05, 0) is 24.1 Å². The van der Waals surface area contributed by atoms with E-state index in [1.807, 2.05) is 13.8 Å². The summed E-state index contributed by atoms with van der Waals surface area (Å²) in [4.78, 5) is 39.6. The van der Waals surface area contributed by atoms with Crippen molar-refractivity contribution < 1.29 is 4.79 Å². The molecule has 1 aromatic carbocycles. The van der Waals surface area contributed by atoms with Crippen LogP contribution in [0.3, 0.4) is 0 Å². The van der Waals surface area contributed by atoms with Crippen molar-refractivity contribution in [2.24, 2.45) is 17.6 Å². The summed E-state index contributed by atoms with van der Waals surface area (Å²) in [6.07, 6.45) is 0. The predicted molar refractivity (Wildman–Crippen MR) is 81.2 cm³/mol. The quantitative estimate of drug-likeness (QED) is 0.608. The minimum Gasteiger partial charge on any atom is -0.330 e. The number of nitrogens with one attached hydrogen (secondary N) is 3. The maximum Gasteiger partial charge on any atom is 0.314 e. The van der Waals surface area contributed by atoms with Crippen LogP contribution in [0.4, 0.5) is 5.69 Å². The lowest BCUT2D eigenvalue weighted by Crippen LogP contribution is -2.33. The molecule has 0 saturated carbocycles. The van der Waals surface area contributed by atoms with E-state index in [0.29, 0.717) is 16.7 Å². The fourth-order valence-corrected chi connectivity index (χ4v) is 2.11. The molecular formula is C14H18N4O3. The standard InChI is InChI=1S/C14H18N4O3/c1-7(2)9(6-15)12(19)16-8-3-4-10-11(5-8)18-14(21)13(20)17-10/h3-5,7,9H,6,15H2,1-2H3,(H,16,19)(H,17,20)(H,18,21). The summed E-state index contributed by atoms with van der Waals surface area (Å²) in [5.74, 6) is -0.319. The average molecular weight is 290 g/mol. The molecule has 0 aliphatic rings. The van der Waals surface area contributed by atoms with Crippen molar-refractivity contribution in [3.05, 3.63) is 38.9 Å². The first kappa shape index (κ1) is 15.0. The predicted octanol–water partition coefficient (Wildman–Crippen LogP) is 0.386. The number of nitrogens with two attached hydrogens (primary N) is 1. The van der Waals surface area contributed by atoms with Gasteiger partial charge in [0, 0.05) is 12.2 Å². The second kappa shape index (κ2) is 5.92. The molecule has 21 heavy (non-hydrogen) atoms. The van der Waals surface area contributed by atoms with Crippen LogP contribution in [-0.4, -0.2) is 22.4 Å². The van der Waals surface area contributed by atoms with Gasteiger partial charge in [0.1, 0.15) is 0 Å². The van der Waals surface area contributed by atoms with Gasteiger partial charge in [0.2, 0.25) is 5.91 Å². The molecule has 5 N–H and O–H groups in total. The number of hydrogen-bond donors (Lipinski definition) is 4. The molecule has 1 amide bonds. The smallest absolute Gasteiger partial charge is 0.314 e. The first-order valence-electron chi connectivity index (χ1n) is 6.69. The number of anilines is 1. The lowest BCUT2D eigenvalue weighted by atomic mass is 9.95. The Morgan fingerprint density at radius 2 is 1.81 bits per heavy atom. The minimum atomic E-state index is -0.729. The Hall–Kier alpha value is -2.41. The highest BCUT2D eigenvalue weighted by atomic mass is 16.2. The number of aromatic nitrogens is 2. The first-order valence-corrected chi connectivity index (χ1v) is 6.69. The highest BCUT2D eigenvalue weighted by Gasteiger charge is 2.20. The fraction of sp³-hybridized carbons (Fsp3) is 0.357. The van der Waals surface area contributed by atoms with Crippen LogP contribution < -0.4 is 22.2 Å². The molecule has 1 heterocycles. The van der Waals surface area contributed by atoms with Gasteiger partial charge < -0.3 is 21.0 Å². The molecule has 1 unspecified atom stereocenters. The van der Waals surface area contributed by atoms with Crippen molar-refractivity contribution in [1.29, 1.82) is 0 Å². The van der Waals surface area contributed by atoms with Gasteiger partial charge in [-0.15, -0.1) is 0 Å². The van der Waals surface area contributed by atoms with E-state index in [4.69, 9.17) is 5.73 Å². The Bertz CT molecular complexity index is 776. The van der Waals surface area contributed by atoms with E-state index < -0.39 is 11.1 Å². The number of hydrogen-bond acceptors (Lipinski definition) is 4. The van der Waals surface area contributed by atoms with E-state index in [1.54, 1.807) is 18.2 Å². The highest BCUT2D eigenvalue weighted by molar-refractivity contribution is 5.94. The van der Waals surface area contributed by atoms with Gasteiger partial charge >= 0.3 is 11.1 Å². The van der Waals surface area contributed by atoms with Crippen molar-refractivity contribution >= 4 is 22.6 Å². The van der Waals surface area contributed by atoms with Crippen molar-refractivity contribution in [2.75, 3.05) is 11.9 Å². The van der Waals surface area contributed by atoms with E-state index in [1.165, 1.54) is 0 Å². The van der Waals surface area contributed by atoms with Crippen LogP contribution in [0.5, 0.6) is 0 Å². The molecule has 0 fully saturated rings. The van der Waals surface area contributed by atoms with Gasteiger partial charge in [-0.2, -0.15) is 0 Å². The molecule has 0 aliphatic carbocycles. The van der Waals surface area contributed by atoms with Crippen molar-refractivity contribution in [3.63, 3.8) is 0 Å². The number of aromatic amines is 2. The Kier molecular flexibility index (Phi) is 4.23. The summed E-state index contributed by atoms with van der Waals surface area (Å²) in [7, 11) is 0. The molecular weight excluding hydrogens is 272 g/mol. The lowest BCUT2D eigenvalue weighted by molar-refractivity contribution is -0.120. The Balaban J connectivity index is 2.31. The molecule has 7 heteroatoms. The van der Waals surface area contributed by atoms with Crippen LogP contribution >= 0.6 is 0 Å². The zero-order chi connectivity index (χ0) is 15.6. The molecule has 0 radical (unpaired) electrons. The lowest BCUT2D eigenvalue weighted by Gasteiger charge is -2.18. The van der Waals surface area contributed by atoms with Crippen LogP contribution in [0, 0.1) is 11.8 Å². The molecule has 7 nitrogen and oxygen atoms in total. The molecule has 112 valence electrons. The van der Waals surface area contributed by atoms with E-state index in [2.05, 4.69) is 15.3 Å². The number of carbonyl (C=O) groups is 1. The van der Waals surface area contributed by atoms with Gasteiger partial charge in [-0.1, -0.05) is 13.8 Å². The zero-order valence-electron chi connectivity index (χ0n) is 11.9. The van der Waals surface area contributed by atoms with Gasteiger partial charge in [0.05, 0.1) is 17.0 Å². The van der Waals surface area contributed by atoms with Gasteiger partial charge in [-0.3, -0.25) is 14.4 Å². The second-order valence-corrected chi connectivity index (χ2v) is 5.24. The molecule has 0 saturated heterocycles. The molecule has 2 aromatic rings. The van der Waals surface area contributed by atoms with Gasteiger partial charge in [-0.25, -0.2) is 0 Å². The highest BCUT2D eigenvalue weighted by Crippen LogP contribution is 2.17. The topological polar surface area (TPSA) is 121 Å². The number of carbonyl (C=O) groups excluding carboxylic acids is 1. The third-order valence-electron chi connectivity index (χ3n) is 3.39. The summed E-state index contributed by atoms with van der Waals surface area (Å²) in [5, 5.41) is 2.77. The third kappa shape index (κ3) is 3.19. The van der Waals surface area contributed by atoms with Gasteiger partial charge in [0.15, 0.2) is 0 Å². The summed E-state index contributed by atoms with van der Waals surface area (Å²) in [6, 6.07) is 4.87. The Labute approximate surface area is 120 Å². The van der Waals surface area contributed by atoms with Crippen molar-refractivity contribution in [2.45, 2.75) is 13.8 Å². The third-order valence-corrected chi connectivity index (χ3v) is 3.39. The zero-order valence-corrected chi connectivity index (χ0v) is 11.9. The van der Waals surface area contributed by atoms with E-state index in [0.717, 1.165) is 0 Å². The maximum absolute atomic E-state index is 12.1. The number of rotatable bonds is 4. The number of benzene rings is 1. The number of fused-ring (bicyclic) bond motifs is 1. The molecule has 1 aromatic heterocycles. The summed E-state index contributed by atoms with van der Waals surface area (Å²) in [5.41, 5.74) is 5.66. The number of amides is 1. The molecule has 0 aliphatic heterocycles. The first-order chi connectivity index (χ1) is 9.92. The largest absolute Gasteiger partial charge is 0.330 e. The molecule has 0 bridgehead atoms. The van der Waals surface area contributed by atoms with E-state index >= 15 is 0 Å². The normalized spacial score (nSPS) is 12.6. The number of H-pyrrole nitrogens is 2. The monoisotopic (exact) mass is 290 g/mol. The Morgan fingerprint density at radius 1 is 1.19 bits per heavy atom. The van der Waals surface area contributed by atoms with E-state index in [-0.39, 0.29) is 24.3 Å². The minimum absolute atomic E-state index is 0.131.